The summed E-state index contributed by atoms with van der Waals surface area (Å²) in [7, 11) is 1.70. The molecule has 0 fully saturated rings. The number of rotatable bonds is 5. The molecule has 0 aliphatic carbocycles. The molecule has 0 amide bonds. The Labute approximate surface area is 96.4 Å². The Balaban J connectivity index is 2.61. The summed E-state index contributed by atoms with van der Waals surface area (Å²) in [6.45, 7) is 2.77. The molecule has 1 atom stereocenters. The molecule has 3 heteroatoms. The maximum atomic E-state index is 6.13. The van der Waals surface area contributed by atoms with E-state index >= 15 is 0 Å². The molecule has 1 rings (SSSR count). The van der Waals surface area contributed by atoms with Crippen LogP contribution in [0.5, 0.6) is 0 Å². The molecule has 0 saturated heterocycles. The Morgan fingerprint density at radius 1 is 1.47 bits per heavy atom. The summed E-state index contributed by atoms with van der Waals surface area (Å²) in [6, 6.07) is 6.01. The van der Waals surface area contributed by atoms with Gasteiger partial charge in [0.1, 0.15) is 0 Å². The van der Waals surface area contributed by atoms with E-state index in [9.17, 15) is 0 Å². The zero-order valence-electron chi connectivity index (χ0n) is 9.29. The normalized spacial score (nSPS) is 12.8. The summed E-state index contributed by atoms with van der Waals surface area (Å²) in [5.74, 6) is 0. The summed E-state index contributed by atoms with van der Waals surface area (Å²) >= 11 is 6.13. The van der Waals surface area contributed by atoms with E-state index in [1.807, 2.05) is 25.1 Å². The first-order valence-electron chi connectivity index (χ1n) is 5.15. The van der Waals surface area contributed by atoms with Crippen molar-refractivity contribution >= 4 is 11.6 Å². The van der Waals surface area contributed by atoms with Crippen molar-refractivity contribution in [1.82, 2.24) is 0 Å². The van der Waals surface area contributed by atoms with Crippen LogP contribution in [0, 0.1) is 6.92 Å². The molecule has 0 aliphatic heterocycles. The summed E-state index contributed by atoms with van der Waals surface area (Å²) in [4.78, 5) is 0. The fraction of sp³-hybridized carbons (Fsp3) is 0.500. The van der Waals surface area contributed by atoms with Crippen molar-refractivity contribution in [3.63, 3.8) is 0 Å². The number of nitrogens with two attached hydrogens (primary N) is 1. The quantitative estimate of drug-likeness (QED) is 0.785. The molecule has 2 nitrogen and oxygen atoms in total. The highest BCUT2D eigenvalue weighted by atomic mass is 35.5. The van der Waals surface area contributed by atoms with E-state index in [2.05, 4.69) is 0 Å². The van der Waals surface area contributed by atoms with E-state index in [1.165, 1.54) is 0 Å². The van der Waals surface area contributed by atoms with Gasteiger partial charge < -0.3 is 10.5 Å². The second kappa shape index (κ2) is 6.11. The lowest BCUT2D eigenvalue weighted by atomic mass is 10.0. The molecule has 1 aromatic carbocycles. The van der Waals surface area contributed by atoms with E-state index in [1.54, 1.807) is 7.11 Å². The van der Waals surface area contributed by atoms with Crippen LogP contribution in [0.4, 0.5) is 0 Å². The van der Waals surface area contributed by atoms with Crippen molar-refractivity contribution in [3.8, 4) is 0 Å². The van der Waals surface area contributed by atoms with Crippen molar-refractivity contribution in [3.05, 3.63) is 34.3 Å². The number of methoxy groups -OCH3 is 1. The molecule has 2 N–H and O–H groups in total. The van der Waals surface area contributed by atoms with Crippen LogP contribution in [0.2, 0.25) is 5.02 Å². The van der Waals surface area contributed by atoms with Crippen molar-refractivity contribution in [2.24, 2.45) is 5.73 Å². The van der Waals surface area contributed by atoms with Crippen LogP contribution >= 0.6 is 11.6 Å². The van der Waals surface area contributed by atoms with Gasteiger partial charge in [-0.25, -0.2) is 0 Å². The monoisotopic (exact) mass is 227 g/mol. The average Bonchev–Trinajstić information content (AvgIpc) is 2.17. The first-order chi connectivity index (χ1) is 7.15. The van der Waals surface area contributed by atoms with Gasteiger partial charge in [0.25, 0.3) is 0 Å². The summed E-state index contributed by atoms with van der Waals surface area (Å²) in [6.07, 6.45) is 1.86. The second-order valence-corrected chi connectivity index (χ2v) is 4.17. The number of hydrogen-bond donors (Lipinski definition) is 1. The number of benzene rings is 1. The summed E-state index contributed by atoms with van der Waals surface area (Å²) < 4.78 is 4.99. The lowest BCUT2D eigenvalue weighted by Gasteiger charge is -2.13. The molecule has 0 spiro atoms. The zero-order valence-corrected chi connectivity index (χ0v) is 10.1. The Morgan fingerprint density at radius 3 is 2.80 bits per heavy atom. The van der Waals surface area contributed by atoms with Crippen LogP contribution in [0.25, 0.3) is 0 Å². The Hall–Kier alpha value is -0.570. The van der Waals surface area contributed by atoms with Crippen LogP contribution in [0.3, 0.4) is 0 Å². The van der Waals surface area contributed by atoms with Gasteiger partial charge in [0.15, 0.2) is 0 Å². The van der Waals surface area contributed by atoms with Crippen LogP contribution in [0.15, 0.2) is 18.2 Å². The molecule has 0 saturated carbocycles. The van der Waals surface area contributed by atoms with Gasteiger partial charge in [-0.1, -0.05) is 23.7 Å². The largest absolute Gasteiger partial charge is 0.385 e. The number of ether oxygens (including phenoxy) is 1. The molecule has 15 heavy (non-hydrogen) atoms. The third-order valence-corrected chi connectivity index (χ3v) is 2.75. The smallest absolute Gasteiger partial charge is 0.0462 e. The van der Waals surface area contributed by atoms with E-state index in [0.717, 1.165) is 35.6 Å². The first kappa shape index (κ1) is 12.5. The van der Waals surface area contributed by atoms with Gasteiger partial charge in [-0.05, 0) is 37.0 Å². The minimum atomic E-state index is 0.00764. The minimum Gasteiger partial charge on any atom is -0.385 e. The van der Waals surface area contributed by atoms with Gasteiger partial charge in [-0.2, -0.15) is 0 Å². The predicted octanol–water partition coefficient (Wildman–Crippen LogP) is 3.07. The fourth-order valence-corrected chi connectivity index (χ4v) is 1.91. The standard InChI is InChI=1S/C12H18ClNO/c1-9-5-6-10(11(13)8-9)12(14)4-3-7-15-2/h5-6,8,12H,3-4,7,14H2,1-2H3. The Kier molecular flexibility index (Phi) is 5.09. The van der Waals surface area contributed by atoms with Crippen molar-refractivity contribution in [2.75, 3.05) is 13.7 Å². The molecule has 0 heterocycles. The van der Waals surface area contributed by atoms with Gasteiger partial charge in [-0.15, -0.1) is 0 Å². The average molecular weight is 228 g/mol. The van der Waals surface area contributed by atoms with Gasteiger partial charge in [0, 0.05) is 24.8 Å². The van der Waals surface area contributed by atoms with Crippen LogP contribution in [0.1, 0.15) is 30.0 Å². The number of hydrogen-bond acceptors (Lipinski definition) is 2. The van der Waals surface area contributed by atoms with E-state index < -0.39 is 0 Å². The first-order valence-corrected chi connectivity index (χ1v) is 5.53. The van der Waals surface area contributed by atoms with E-state index in [-0.39, 0.29) is 6.04 Å². The molecular weight excluding hydrogens is 210 g/mol. The van der Waals surface area contributed by atoms with E-state index in [4.69, 9.17) is 22.1 Å². The van der Waals surface area contributed by atoms with Crippen LogP contribution < -0.4 is 5.73 Å². The van der Waals surface area contributed by atoms with Crippen LogP contribution in [-0.4, -0.2) is 13.7 Å². The van der Waals surface area contributed by atoms with Crippen molar-refractivity contribution in [1.29, 1.82) is 0 Å². The lowest BCUT2D eigenvalue weighted by molar-refractivity contribution is 0.190. The molecule has 84 valence electrons. The predicted molar refractivity (Wildman–Crippen MR) is 64.2 cm³/mol. The van der Waals surface area contributed by atoms with Crippen LogP contribution in [-0.2, 0) is 4.74 Å². The Bertz CT molecular complexity index is 314. The Morgan fingerprint density at radius 2 is 2.20 bits per heavy atom. The highest BCUT2D eigenvalue weighted by Crippen LogP contribution is 2.25. The molecule has 1 unspecified atom stereocenters. The summed E-state index contributed by atoms with van der Waals surface area (Å²) in [5.41, 5.74) is 8.23. The molecule has 0 aliphatic rings. The molecule has 0 aromatic heterocycles. The van der Waals surface area contributed by atoms with Gasteiger partial charge in [0.05, 0.1) is 0 Å². The van der Waals surface area contributed by atoms with Gasteiger partial charge in [0.2, 0.25) is 0 Å². The summed E-state index contributed by atoms with van der Waals surface area (Å²) in [5, 5.41) is 0.764. The van der Waals surface area contributed by atoms with Gasteiger partial charge >= 0.3 is 0 Å². The lowest BCUT2D eigenvalue weighted by Crippen LogP contribution is -2.11. The third kappa shape index (κ3) is 3.82. The maximum Gasteiger partial charge on any atom is 0.0462 e. The molecule has 1 aromatic rings. The minimum absolute atomic E-state index is 0.00764. The van der Waals surface area contributed by atoms with E-state index in [0.29, 0.717) is 0 Å². The van der Waals surface area contributed by atoms with Crippen molar-refractivity contribution in [2.45, 2.75) is 25.8 Å². The molecular formula is C12H18ClNO. The number of halogens is 1. The fourth-order valence-electron chi connectivity index (χ4n) is 1.54. The highest BCUT2D eigenvalue weighted by molar-refractivity contribution is 6.31. The molecule has 0 radical (unpaired) electrons. The zero-order chi connectivity index (χ0) is 11.3. The highest BCUT2D eigenvalue weighted by Gasteiger charge is 2.09. The maximum absolute atomic E-state index is 6.13. The van der Waals surface area contributed by atoms with Gasteiger partial charge in [-0.3, -0.25) is 0 Å². The second-order valence-electron chi connectivity index (χ2n) is 3.77. The third-order valence-electron chi connectivity index (χ3n) is 2.42. The SMILES string of the molecule is COCCCC(N)c1ccc(C)cc1Cl. The van der Waals surface area contributed by atoms with Crippen molar-refractivity contribution < 1.29 is 4.74 Å². The molecule has 0 bridgehead atoms. The topological polar surface area (TPSA) is 35.2 Å². The number of aryl methyl sites for hydroxylation is 1.